The minimum atomic E-state index is -0.948. The van der Waals surface area contributed by atoms with Crippen LogP contribution >= 0.6 is 0 Å². The number of hydrogen-bond donors (Lipinski definition) is 1. The SMILES string of the molecule is CCn1ncc2c(C(=O)OC(C)C(=O)NCc3ccccc3)cc(-c3ccccc3)nc21. The van der Waals surface area contributed by atoms with Crippen molar-refractivity contribution in [3.63, 3.8) is 0 Å². The number of benzene rings is 2. The smallest absolute Gasteiger partial charge is 0.339 e. The summed E-state index contributed by atoms with van der Waals surface area (Å²) >= 11 is 0. The monoisotopic (exact) mass is 428 g/mol. The number of aryl methyl sites for hydroxylation is 1. The van der Waals surface area contributed by atoms with Crippen LogP contribution in [-0.4, -0.2) is 32.7 Å². The molecule has 0 saturated heterocycles. The Bertz CT molecular complexity index is 1240. The summed E-state index contributed by atoms with van der Waals surface area (Å²) in [5.41, 5.74) is 3.41. The van der Waals surface area contributed by atoms with Crippen LogP contribution in [0.2, 0.25) is 0 Å². The van der Waals surface area contributed by atoms with E-state index in [4.69, 9.17) is 9.72 Å². The molecular formula is C25H24N4O3. The molecule has 2 aromatic carbocycles. The molecule has 7 nitrogen and oxygen atoms in total. The van der Waals surface area contributed by atoms with Gasteiger partial charge in [0.2, 0.25) is 0 Å². The molecule has 0 aliphatic carbocycles. The Morgan fingerprint density at radius 1 is 1.06 bits per heavy atom. The highest BCUT2D eigenvalue weighted by Crippen LogP contribution is 2.25. The molecule has 162 valence electrons. The lowest BCUT2D eigenvalue weighted by Gasteiger charge is -2.14. The topological polar surface area (TPSA) is 86.1 Å². The zero-order chi connectivity index (χ0) is 22.5. The van der Waals surface area contributed by atoms with Gasteiger partial charge in [0.05, 0.1) is 22.8 Å². The number of hydrogen-bond acceptors (Lipinski definition) is 5. The predicted molar refractivity (Wildman–Crippen MR) is 122 cm³/mol. The second kappa shape index (κ2) is 9.43. The summed E-state index contributed by atoms with van der Waals surface area (Å²) in [6.45, 7) is 4.49. The minimum absolute atomic E-state index is 0.330. The van der Waals surface area contributed by atoms with Crippen LogP contribution in [0.5, 0.6) is 0 Å². The van der Waals surface area contributed by atoms with E-state index in [1.807, 2.05) is 67.6 Å². The summed E-state index contributed by atoms with van der Waals surface area (Å²) in [4.78, 5) is 30.2. The maximum atomic E-state index is 13.1. The van der Waals surface area contributed by atoms with Gasteiger partial charge in [-0.1, -0.05) is 60.7 Å². The van der Waals surface area contributed by atoms with E-state index in [9.17, 15) is 9.59 Å². The molecule has 0 spiro atoms. The maximum Gasteiger partial charge on any atom is 0.339 e. The third kappa shape index (κ3) is 4.51. The number of ether oxygens (including phenoxy) is 1. The second-order valence-corrected chi connectivity index (χ2v) is 7.37. The number of esters is 1. The maximum absolute atomic E-state index is 13.1. The fourth-order valence-electron chi connectivity index (χ4n) is 3.41. The van der Waals surface area contributed by atoms with Crippen molar-refractivity contribution in [3.8, 4) is 11.3 Å². The van der Waals surface area contributed by atoms with E-state index >= 15 is 0 Å². The Morgan fingerprint density at radius 3 is 2.44 bits per heavy atom. The van der Waals surface area contributed by atoms with Crippen molar-refractivity contribution in [1.82, 2.24) is 20.1 Å². The number of carbonyl (C=O) groups is 2. The van der Waals surface area contributed by atoms with E-state index < -0.39 is 12.1 Å². The molecule has 0 aliphatic heterocycles. The molecule has 0 saturated carbocycles. The normalized spacial score (nSPS) is 11.8. The van der Waals surface area contributed by atoms with Gasteiger partial charge in [-0.05, 0) is 25.5 Å². The Hall–Kier alpha value is -4.00. The first-order valence-corrected chi connectivity index (χ1v) is 10.5. The molecule has 2 heterocycles. The predicted octanol–water partition coefficient (Wildman–Crippen LogP) is 3.98. The van der Waals surface area contributed by atoms with Crippen molar-refractivity contribution in [2.45, 2.75) is 33.0 Å². The third-order valence-electron chi connectivity index (χ3n) is 5.16. The summed E-state index contributed by atoms with van der Waals surface area (Å²) in [5.74, 6) is -0.951. The van der Waals surface area contributed by atoms with Crippen molar-refractivity contribution in [2.75, 3.05) is 0 Å². The highest BCUT2D eigenvalue weighted by atomic mass is 16.5. The highest BCUT2D eigenvalue weighted by Gasteiger charge is 2.23. The molecule has 4 aromatic rings. The minimum Gasteiger partial charge on any atom is -0.449 e. The zero-order valence-corrected chi connectivity index (χ0v) is 18.0. The highest BCUT2D eigenvalue weighted by molar-refractivity contribution is 6.04. The van der Waals surface area contributed by atoms with Crippen molar-refractivity contribution in [2.24, 2.45) is 0 Å². The van der Waals surface area contributed by atoms with E-state index in [1.165, 1.54) is 0 Å². The Kier molecular flexibility index (Phi) is 6.26. The van der Waals surface area contributed by atoms with Gasteiger partial charge in [-0.15, -0.1) is 0 Å². The standard InChI is InChI=1S/C25H24N4O3/c1-3-29-23-21(16-27-29)20(14-22(28-23)19-12-8-5-9-13-19)25(31)32-17(2)24(30)26-15-18-10-6-4-7-11-18/h4-14,16-17H,3,15H2,1-2H3,(H,26,30). The summed E-state index contributed by atoms with van der Waals surface area (Å²) in [5, 5.41) is 7.73. The second-order valence-electron chi connectivity index (χ2n) is 7.37. The van der Waals surface area contributed by atoms with Gasteiger partial charge in [-0.3, -0.25) is 4.79 Å². The number of aromatic nitrogens is 3. The molecule has 0 radical (unpaired) electrons. The van der Waals surface area contributed by atoms with Crippen LogP contribution in [0.4, 0.5) is 0 Å². The number of amides is 1. The van der Waals surface area contributed by atoms with E-state index in [0.717, 1.165) is 11.1 Å². The van der Waals surface area contributed by atoms with Gasteiger partial charge in [0, 0.05) is 18.7 Å². The van der Waals surface area contributed by atoms with Gasteiger partial charge in [0.1, 0.15) is 0 Å². The van der Waals surface area contributed by atoms with Crippen molar-refractivity contribution in [3.05, 3.63) is 84.1 Å². The van der Waals surface area contributed by atoms with Crippen LogP contribution in [0.25, 0.3) is 22.3 Å². The Morgan fingerprint density at radius 2 is 1.75 bits per heavy atom. The van der Waals surface area contributed by atoms with Gasteiger partial charge in [-0.2, -0.15) is 5.10 Å². The molecular weight excluding hydrogens is 404 g/mol. The van der Waals surface area contributed by atoms with Crippen LogP contribution in [0, 0.1) is 0 Å². The van der Waals surface area contributed by atoms with Crippen LogP contribution in [0.15, 0.2) is 72.9 Å². The average Bonchev–Trinajstić information content (AvgIpc) is 3.26. The largest absolute Gasteiger partial charge is 0.449 e. The fraction of sp³-hybridized carbons (Fsp3) is 0.200. The quantitative estimate of drug-likeness (QED) is 0.450. The number of pyridine rings is 1. The number of nitrogens with zero attached hydrogens (tertiary/aromatic N) is 3. The number of fused-ring (bicyclic) bond motifs is 1. The number of rotatable bonds is 7. The van der Waals surface area contributed by atoms with Gasteiger partial charge in [0.25, 0.3) is 5.91 Å². The summed E-state index contributed by atoms with van der Waals surface area (Å²) in [6.07, 6.45) is 0.660. The fourth-order valence-corrected chi connectivity index (χ4v) is 3.41. The van der Waals surface area contributed by atoms with E-state index in [1.54, 1.807) is 23.9 Å². The molecule has 2 aromatic heterocycles. The molecule has 7 heteroatoms. The molecule has 0 fully saturated rings. The summed E-state index contributed by atoms with van der Waals surface area (Å²) in [7, 11) is 0. The van der Waals surface area contributed by atoms with E-state index in [-0.39, 0.29) is 5.91 Å². The first-order chi connectivity index (χ1) is 15.6. The number of nitrogens with one attached hydrogen (secondary N) is 1. The van der Waals surface area contributed by atoms with Crippen LogP contribution in [0.1, 0.15) is 29.8 Å². The van der Waals surface area contributed by atoms with Crippen LogP contribution in [0.3, 0.4) is 0 Å². The van der Waals surface area contributed by atoms with Crippen LogP contribution in [-0.2, 0) is 22.6 Å². The third-order valence-corrected chi connectivity index (χ3v) is 5.16. The molecule has 4 rings (SSSR count). The van der Waals surface area contributed by atoms with Gasteiger partial charge < -0.3 is 10.1 Å². The van der Waals surface area contributed by atoms with Gasteiger partial charge >= 0.3 is 5.97 Å². The molecule has 1 amide bonds. The zero-order valence-electron chi connectivity index (χ0n) is 18.0. The Balaban J connectivity index is 1.57. The lowest BCUT2D eigenvalue weighted by atomic mass is 10.1. The Labute approximate surface area is 186 Å². The van der Waals surface area contributed by atoms with E-state index in [2.05, 4.69) is 10.4 Å². The lowest BCUT2D eigenvalue weighted by molar-refractivity contribution is -0.129. The van der Waals surface area contributed by atoms with Gasteiger partial charge in [-0.25, -0.2) is 14.5 Å². The molecule has 1 atom stereocenters. The van der Waals surface area contributed by atoms with Crippen molar-refractivity contribution in [1.29, 1.82) is 0 Å². The first kappa shape index (κ1) is 21.2. The van der Waals surface area contributed by atoms with Crippen molar-refractivity contribution >= 4 is 22.9 Å². The molecule has 32 heavy (non-hydrogen) atoms. The molecule has 1 unspecified atom stereocenters. The van der Waals surface area contributed by atoms with Crippen LogP contribution < -0.4 is 5.32 Å². The first-order valence-electron chi connectivity index (χ1n) is 10.5. The van der Waals surface area contributed by atoms with E-state index in [0.29, 0.717) is 35.4 Å². The molecule has 0 aliphatic rings. The summed E-state index contributed by atoms with van der Waals surface area (Å²) < 4.78 is 7.24. The number of carbonyl (C=O) groups excluding carboxylic acids is 2. The molecule has 1 N–H and O–H groups in total. The lowest BCUT2D eigenvalue weighted by Crippen LogP contribution is -2.35. The molecule has 0 bridgehead atoms. The average molecular weight is 428 g/mol. The van der Waals surface area contributed by atoms with Crippen molar-refractivity contribution < 1.29 is 14.3 Å². The summed E-state index contributed by atoms with van der Waals surface area (Å²) in [6, 6.07) is 20.8. The van der Waals surface area contributed by atoms with Gasteiger partial charge in [0.15, 0.2) is 11.8 Å².